The first-order valence-corrected chi connectivity index (χ1v) is 12.0. The number of nitrogens with zero attached hydrogens (tertiary/aromatic N) is 1. The third-order valence-electron chi connectivity index (χ3n) is 5.97. The molecule has 1 aliphatic heterocycles. The van der Waals surface area contributed by atoms with Gasteiger partial charge in [0, 0.05) is 33.8 Å². The summed E-state index contributed by atoms with van der Waals surface area (Å²) in [5, 5.41) is 2.77. The lowest BCUT2D eigenvalue weighted by Gasteiger charge is -2.23. The molecule has 0 atom stereocenters. The third kappa shape index (κ3) is 4.11. The third-order valence-corrected chi connectivity index (χ3v) is 7.31. The van der Waals surface area contributed by atoms with Gasteiger partial charge in [0.2, 0.25) is 0 Å². The highest BCUT2D eigenvalue weighted by molar-refractivity contribution is 7.19. The maximum Gasteiger partial charge on any atom is 0.258 e. The monoisotopic (exact) mass is 490 g/mol. The van der Waals surface area contributed by atoms with Crippen LogP contribution in [0.4, 0.5) is 15.8 Å². The van der Waals surface area contributed by atoms with Crippen LogP contribution in [0.1, 0.15) is 31.8 Å². The Balaban J connectivity index is 1.38. The standard InChI is InChI=1S/C27H20ClFN2O2S/c1-16-20(6-4-7-22(16)29)26(32)30-19-11-9-17(10-12-19)27(33)31-14-13-18-15-24(28)34-25(18)21-5-2-3-8-23(21)31/h2-12,15H,13-14H2,1H3,(H,30,32). The van der Waals surface area contributed by atoms with Gasteiger partial charge in [0.25, 0.3) is 11.8 Å². The van der Waals surface area contributed by atoms with Crippen LogP contribution in [0.3, 0.4) is 0 Å². The fourth-order valence-electron chi connectivity index (χ4n) is 4.18. The first kappa shape index (κ1) is 22.3. The van der Waals surface area contributed by atoms with E-state index in [1.807, 2.05) is 30.3 Å². The van der Waals surface area contributed by atoms with E-state index in [-0.39, 0.29) is 11.5 Å². The van der Waals surface area contributed by atoms with Gasteiger partial charge in [0.1, 0.15) is 5.82 Å². The molecule has 34 heavy (non-hydrogen) atoms. The highest BCUT2D eigenvalue weighted by Gasteiger charge is 2.26. The maximum atomic E-state index is 13.8. The van der Waals surface area contributed by atoms with Gasteiger partial charge in [-0.1, -0.05) is 35.9 Å². The Kier molecular flexibility index (Phi) is 5.94. The van der Waals surface area contributed by atoms with Crippen molar-refractivity contribution < 1.29 is 14.0 Å². The van der Waals surface area contributed by atoms with Gasteiger partial charge < -0.3 is 10.2 Å². The fourth-order valence-corrected chi connectivity index (χ4v) is 5.51. The van der Waals surface area contributed by atoms with Gasteiger partial charge >= 0.3 is 0 Å². The van der Waals surface area contributed by atoms with Crippen LogP contribution in [-0.2, 0) is 6.42 Å². The molecule has 0 fully saturated rings. The van der Waals surface area contributed by atoms with E-state index in [1.165, 1.54) is 23.5 Å². The quantitative estimate of drug-likeness (QED) is 0.337. The topological polar surface area (TPSA) is 49.4 Å². The summed E-state index contributed by atoms with van der Waals surface area (Å²) in [5.41, 5.74) is 4.59. The molecule has 0 bridgehead atoms. The van der Waals surface area contributed by atoms with Crippen molar-refractivity contribution in [2.45, 2.75) is 13.3 Å². The Morgan fingerprint density at radius 3 is 2.59 bits per heavy atom. The molecule has 0 spiro atoms. The van der Waals surface area contributed by atoms with Crippen LogP contribution in [0.15, 0.2) is 72.8 Å². The van der Waals surface area contributed by atoms with Crippen molar-refractivity contribution in [2.75, 3.05) is 16.8 Å². The molecular weight excluding hydrogens is 471 g/mol. The second kappa shape index (κ2) is 9.05. The number of carbonyl (C=O) groups excluding carboxylic acids is 2. The molecule has 5 rings (SSSR count). The van der Waals surface area contributed by atoms with Gasteiger partial charge in [0.05, 0.1) is 10.0 Å². The van der Waals surface area contributed by atoms with Crippen molar-refractivity contribution in [1.82, 2.24) is 0 Å². The predicted molar refractivity (Wildman–Crippen MR) is 136 cm³/mol. The number of nitrogens with one attached hydrogen (secondary N) is 1. The molecule has 0 radical (unpaired) electrons. The van der Waals surface area contributed by atoms with Crippen molar-refractivity contribution in [3.05, 3.63) is 105 Å². The summed E-state index contributed by atoms with van der Waals surface area (Å²) in [6, 6.07) is 21.0. The van der Waals surface area contributed by atoms with E-state index < -0.39 is 11.7 Å². The number of fused-ring (bicyclic) bond motifs is 3. The second-order valence-corrected chi connectivity index (χ2v) is 9.76. The molecule has 1 aliphatic rings. The lowest BCUT2D eigenvalue weighted by atomic mass is 10.1. The van der Waals surface area contributed by atoms with Crippen LogP contribution >= 0.6 is 22.9 Å². The second-order valence-electron chi connectivity index (χ2n) is 8.07. The molecule has 3 aromatic carbocycles. The number of para-hydroxylation sites is 1. The molecule has 4 nitrogen and oxygen atoms in total. The summed E-state index contributed by atoms with van der Waals surface area (Å²) < 4.78 is 14.5. The highest BCUT2D eigenvalue weighted by atomic mass is 35.5. The number of hydrogen-bond acceptors (Lipinski definition) is 3. The zero-order valence-corrected chi connectivity index (χ0v) is 19.8. The molecule has 0 aliphatic carbocycles. The lowest BCUT2D eigenvalue weighted by Crippen LogP contribution is -2.32. The number of amides is 2. The molecule has 2 heterocycles. The van der Waals surface area contributed by atoms with Gasteiger partial charge in [0.15, 0.2) is 0 Å². The molecular formula is C27H20ClFN2O2S. The molecule has 0 saturated heterocycles. The van der Waals surface area contributed by atoms with E-state index in [0.29, 0.717) is 29.8 Å². The zero-order valence-electron chi connectivity index (χ0n) is 18.3. The highest BCUT2D eigenvalue weighted by Crippen LogP contribution is 2.43. The SMILES string of the molecule is Cc1c(F)cccc1C(=O)Nc1ccc(C(=O)N2CCc3cc(Cl)sc3-c3ccccc32)cc1. The van der Waals surface area contributed by atoms with E-state index >= 15 is 0 Å². The zero-order chi connectivity index (χ0) is 23.8. The van der Waals surface area contributed by atoms with Crippen molar-refractivity contribution in [3.63, 3.8) is 0 Å². The van der Waals surface area contributed by atoms with Gasteiger partial charge in [-0.2, -0.15) is 0 Å². The van der Waals surface area contributed by atoms with Crippen LogP contribution in [0.5, 0.6) is 0 Å². The van der Waals surface area contributed by atoms with Crippen LogP contribution in [0.2, 0.25) is 4.34 Å². The van der Waals surface area contributed by atoms with E-state index in [1.54, 1.807) is 42.2 Å². The minimum absolute atomic E-state index is 0.118. The molecule has 1 N–H and O–H groups in total. The van der Waals surface area contributed by atoms with Gasteiger partial charge in [-0.3, -0.25) is 9.59 Å². The minimum Gasteiger partial charge on any atom is -0.322 e. The smallest absolute Gasteiger partial charge is 0.258 e. The van der Waals surface area contributed by atoms with Gasteiger partial charge in [-0.25, -0.2) is 4.39 Å². The number of carbonyl (C=O) groups is 2. The molecule has 0 saturated carbocycles. The number of anilines is 2. The molecule has 1 aromatic heterocycles. The minimum atomic E-state index is -0.428. The molecule has 170 valence electrons. The molecule has 7 heteroatoms. The van der Waals surface area contributed by atoms with E-state index in [9.17, 15) is 14.0 Å². The molecule has 2 amide bonds. The van der Waals surface area contributed by atoms with E-state index in [2.05, 4.69) is 5.32 Å². The van der Waals surface area contributed by atoms with Crippen molar-refractivity contribution in [1.29, 1.82) is 0 Å². The Morgan fingerprint density at radius 2 is 1.79 bits per heavy atom. The largest absolute Gasteiger partial charge is 0.322 e. The number of rotatable bonds is 3. The number of thiophene rings is 1. The summed E-state index contributed by atoms with van der Waals surface area (Å²) in [4.78, 5) is 28.9. The average molecular weight is 491 g/mol. The Morgan fingerprint density at radius 1 is 1.03 bits per heavy atom. The van der Waals surface area contributed by atoms with Crippen molar-refractivity contribution in [3.8, 4) is 10.4 Å². The molecule has 0 unspecified atom stereocenters. The van der Waals surface area contributed by atoms with E-state index in [4.69, 9.17) is 11.6 Å². The first-order valence-electron chi connectivity index (χ1n) is 10.8. The van der Waals surface area contributed by atoms with E-state index in [0.717, 1.165) is 26.0 Å². The van der Waals surface area contributed by atoms with Crippen LogP contribution in [-0.4, -0.2) is 18.4 Å². The summed E-state index contributed by atoms with van der Waals surface area (Å²) >= 11 is 7.79. The van der Waals surface area contributed by atoms with Crippen LogP contribution < -0.4 is 10.2 Å². The summed E-state index contributed by atoms with van der Waals surface area (Å²) in [6.07, 6.45) is 0.708. The average Bonchev–Trinajstić information content (AvgIpc) is 3.14. The fraction of sp³-hybridized carbons (Fsp3) is 0.111. The lowest BCUT2D eigenvalue weighted by molar-refractivity contribution is 0.0986. The van der Waals surface area contributed by atoms with Gasteiger partial charge in [-0.15, -0.1) is 11.3 Å². The van der Waals surface area contributed by atoms with Gasteiger partial charge in [-0.05, 0) is 73.0 Å². The summed E-state index contributed by atoms with van der Waals surface area (Å²) in [7, 11) is 0. The van der Waals surface area contributed by atoms with Crippen LogP contribution in [0, 0.1) is 12.7 Å². The number of benzene rings is 3. The Labute approximate surface area is 205 Å². The predicted octanol–water partition coefficient (Wildman–Crippen LogP) is 6.97. The number of halogens is 2. The summed E-state index contributed by atoms with van der Waals surface area (Å²) in [5.74, 6) is -0.946. The van der Waals surface area contributed by atoms with Crippen molar-refractivity contribution in [2.24, 2.45) is 0 Å². The first-order chi connectivity index (χ1) is 16.4. The summed E-state index contributed by atoms with van der Waals surface area (Å²) in [6.45, 7) is 2.10. The maximum absolute atomic E-state index is 13.8. The van der Waals surface area contributed by atoms with Crippen LogP contribution in [0.25, 0.3) is 10.4 Å². The Bertz CT molecular complexity index is 1410. The Hall–Kier alpha value is -3.48. The number of hydrogen-bond donors (Lipinski definition) is 1. The van der Waals surface area contributed by atoms with Crippen molar-refractivity contribution >= 4 is 46.1 Å². The normalized spacial score (nSPS) is 12.5. The molecule has 4 aromatic rings.